The zero-order chi connectivity index (χ0) is 19.8. The standard InChI is InChI=1S/C19H19N7O2S/c20-16(27)14-11-22-19(29-14)26-6-3-13-15(12-1-4-21-5-2-12)23-18(24-17(13)26)25-7-9-28-10-8-25/h1-2,4-5,11H,3,6-10H2,(H2,20,27). The number of primary amides is 1. The summed E-state index contributed by atoms with van der Waals surface area (Å²) in [5, 5.41) is 0.713. The summed E-state index contributed by atoms with van der Waals surface area (Å²) in [6.07, 6.45) is 5.85. The van der Waals surface area contributed by atoms with Gasteiger partial charge in [-0.05, 0) is 18.6 Å². The van der Waals surface area contributed by atoms with Crippen LogP contribution in [0.4, 0.5) is 16.9 Å². The van der Waals surface area contributed by atoms with Gasteiger partial charge in [0.25, 0.3) is 5.91 Å². The van der Waals surface area contributed by atoms with Gasteiger partial charge in [0, 0.05) is 43.2 Å². The highest BCUT2D eigenvalue weighted by molar-refractivity contribution is 7.17. The van der Waals surface area contributed by atoms with E-state index in [0.717, 1.165) is 48.7 Å². The Morgan fingerprint density at radius 1 is 1.14 bits per heavy atom. The van der Waals surface area contributed by atoms with Gasteiger partial charge >= 0.3 is 0 Å². The number of amides is 1. The van der Waals surface area contributed by atoms with Crippen LogP contribution in [0.3, 0.4) is 0 Å². The Balaban J connectivity index is 1.62. The first-order valence-corrected chi connectivity index (χ1v) is 10.2. The number of carbonyl (C=O) groups excluding carboxylic acids is 1. The second kappa shape index (κ2) is 7.37. The molecule has 3 aromatic rings. The summed E-state index contributed by atoms with van der Waals surface area (Å²) < 4.78 is 5.48. The van der Waals surface area contributed by atoms with Gasteiger partial charge in [0.2, 0.25) is 5.95 Å². The highest BCUT2D eigenvalue weighted by atomic mass is 32.1. The van der Waals surface area contributed by atoms with E-state index in [1.54, 1.807) is 12.4 Å². The molecule has 0 saturated carbocycles. The maximum atomic E-state index is 11.5. The van der Waals surface area contributed by atoms with Crippen molar-refractivity contribution in [3.63, 3.8) is 0 Å². The minimum absolute atomic E-state index is 0.435. The Morgan fingerprint density at radius 2 is 1.93 bits per heavy atom. The number of hydrogen-bond donors (Lipinski definition) is 1. The van der Waals surface area contributed by atoms with E-state index in [9.17, 15) is 4.79 Å². The zero-order valence-electron chi connectivity index (χ0n) is 15.6. The topological polar surface area (TPSA) is 110 Å². The van der Waals surface area contributed by atoms with Crippen LogP contribution in [0.1, 0.15) is 15.2 Å². The highest BCUT2D eigenvalue weighted by Gasteiger charge is 2.30. The first kappa shape index (κ1) is 18.0. The molecule has 29 heavy (non-hydrogen) atoms. The average molecular weight is 409 g/mol. The molecule has 0 radical (unpaired) electrons. The van der Waals surface area contributed by atoms with Gasteiger partial charge in [-0.2, -0.15) is 4.98 Å². The third kappa shape index (κ3) is 3.30. The summed E-state index contributed by atoms with van der Waals surface area (Å²) in [5.41, 5.74) is 8.39. The number of rotatable bonds is 4. The predicted molar refractivity (Wildman–Crippen MR) is 110 cm³/mol. The van der Waals surface area contributed by atoms with Gasteiger partial charge in [-0.1, -0.05) is 11.3 Å². The minimum Gasteiger partial charge on any atom is -0.378 e. The number of pyridine rings is 1. The van der Waals surface area contributed by atoms with Crippen LogP contribution in [0.25, 0.3) is 11.3 Å². The molecule has 1 amide bonds. The first-order valence-electron chi connectivity index (χ1n) is 9.38. The Kier molecular flexibility index (Phi) is 4.57. The summed E-state index contributed by atoms with van der Waals surface area (Å²) >= 11 is 1.28. The second-order valence-corrected chi connectivity index (χ2v) is 7.79. The molecule has 2 aliphatic heterocycles. The molecule has 0 bridgehead atoms. The van der Waals surface area contributed by atoms with E-state index in [2.05, 4.69) is 14.9 Å². The van der Waals surface area contributed by atoms with Crippen molar-refractivity contribution in [3.05, 3.63) is 41.2 Å². The molecule has 148 valence electrons. The van der Waals surface area contributed by atoms with Crippen molar-refractivity contribution in [2.75, 3.05) is 42.6 Å². The monoisotopic (exact) mass is 409 g/mol. The van der Waals surface area contributed by atoms with Crippen LogP contribution in [-0.4, -0.2) is 58.7 Å². The summed E-state index contributed by atoms with van der Waals surface area (Å²) in [6, 6.07) is 3.92. The third-order valence-corrected chi connectivity index (χ3v) is 6.06. The van der Waals surface area contributed by atoms with Crippen LogP contribution in [0.5, 0.6) is 0 Å². The van der Waals surface area contributed by atoms with Crippen molar-refractivity contribution in [3.8, 4) is 11.3 Å². The molecule has 0 atom stereocenters. The summed E-state index contributed by atoms with van der Waals surface area (Å²) in [7, 11) is 0. The lowest BCUT2D eigenvalue weighted by atomic mass is 10.1. The van der Waals surface area contributed by atoms with Crippen LogP contribution in [-0.2, 0) is 11.2 Å². The number of anilines is 3. The number of carbonyl (C=O) groups is 1. The van der Waals surface area contributed by atoms with Crippen molar-refractivity contribution < 1.29 is 9.53 Å². The molecule has 0 aliphatic carbocycles. The molecule has 0 unspecified atom stereocenters. The van der Waals surface area contributed by atoms with Crippen molar-refractivity contribution in [2.24, 2.45) is 5.73 Å². The molecule has 9 nitrogen and oxygen atoms in total. The molecule has 0 aromatic carbocycles. The molecule has 5 heterocycles. The molecular weight excluding hydrogens is 390 g/mol. The fourth-order valence-corrected chi connectivity index (χ4v) is 4.38. The van der Waals surface area contributed by atoms with Crippen molar-refractivity contribution >= 4 is 34.1 Å². The lowest BCUT2D eigenvalue weighted by molar-refractivity contribution is 0.100. The highest BCUT2D eigenvalue weighted by Crippen LogP contribution is 2.40. The number of ether oxygens (including phenoxy) is 1. The quantitative estimate of drug-likeness (QED) is 0.692. The lowest BCUT2D eigenvalue weighted by Gasteiger charge is -2.28. The number of aromatic nitrogens is 4. The molecule has 1 saturated heterocycles. The van der Waals surface area contributed by atoms with E-state index >= 15 is 0 Å². The molecular formula is C19H19N7O2S. The van der Waals surface area contributed by atoms with Gasteiger partial charge in [0.1, 0.15) is 10.7 Å². The summed E-state index contributed by atoms with van der Waals surface area (Å²) in [6.45, 7) is 3.53. The Morgan fingerprint density at radius 3 is 2.66 bits per heavy atom. The Labute approximate surface area is 171 Å². The Bertz CT molecular complexity index is 1050. The second-order valence-electron chi connectivity index (χ2n) is 6.78. The van der Waals surface area contributed by atoms with E-state index < -0.39 is 5.91 Å². The molecule has 10 heteroatoms. The van der Waals surface area contributed by atoms with E-state index in [0.29, 0.717) is 29.2 Å². The van der Waals surface area contributed by atoms with Gasteiger partial charge in [0.15, 0.2) is 5.13 Å². The Hall–Kier alpha value is -3.11. The van der Waals surface area contributed by atoms with Crippen LogP contribution in [0.2, 0.25) is 0 Å². The van der Waals surface area contributed by atoms with Gasteiger partial charge < -0.3 is 20.3 Å². The summed E-state index contributed by atoms with van der Waals surface area (Å²) in [5.74, 6) is 1.04. The number of nitrogens with zero attached hydrogens (tertiary/aromatic N) is 6. The van der Waals surface area contributed by atoms with Crippen LogP contribution < -0.4 is 15.5 Å². The van der Waals surface area contributed by atoms with E-state index in [4.69, 9.17) is 20.4 Å². The average Bonchev–Trinajstić information content (AvgIpc) is 3.41. The SMILES string of the molecule is NC(=O)c1cnc(N2CCc3c(-c4ccncc4)nc(N4CCOCC4)nc32)s1. The van der Waals surface area contributed by atoms with Crippen molar-refractivity contribution in [1.82, 2.24) is 19.9 Å². The van der Waals surface area contributed by atoms with Crippen LogP contribution in [0, 0.1) is 0 Å². The first-order chi connectivity index (χ1) is 14.2. The van der Waals surface area contributed by atoms with Gasteiger partial charge in [-0.3, -0.25) is 9.78 Å². The third-order valence-electron chi connectivity index (χ3n) is 5.03. The molecule has 5 rings (SSSR count). The zero-order valence-corrected chi connectivity index (χ0v) is 16.4. The van der Waals surface area contributed by atoms with Gasteiger partial charge in [0.05, 0.1) is 25.1 Å². The molecule has 0 spiro atoms. The van der Waals surface area contributed by atoms with E-state index in [-0.39, 0.29) is 0 Å². The summed E-state index contributed by atoms with van der Waals surface area (Å²) in [4.78, 5) is 34.5. The van der Waals surface area contributed by atoms with E-state index in [1.165, 1.54) is 17.5 Å². The number of morpholine rings is 1. The number of fused-ring (bicyclic) bond motifs is 1. The number of nitrogens with two attached hydrogens (primary N) is 1. The van der Waals surface area contributed by atoms with Gasteiger partial charge in [-0.25, -0.2) is 9.97 Å². The molecule has 3 aromatic heterocycles. The number of thiazole rings is 1. The maximum Gasteiger partial charge on any atom is 0.260 e. The van der Waals surface area contributed by atoms with E-state index in [1.807, 2.05) is 17.0 Å². The molecule has 2 aliphatic rings. The van der Waals surface area contributed by atoms with Crippen molar-refractivity contribution in [1.29, 1.82) is 0 Å². The smallest absolute Gasteiger partial charge is 0.260 e. The van der Waals surface area contributed by atoms with Crippen LogP contribution >= 0.6 is 11.3 Å². The normalized spacial score (nSPS) is 16.1. The lowest BCUT2D eigenvalue weighted by Crippen LogP contribution is -2.37. The minimum atomic E-state index is -0.470. The maximum absolute atomic E-state index is 11.5. The molecule has 2 N–H and O–H groups in total. The fraction of sp³-hybridized carbons (Fsp3) is 0.316. The molecule has 1 fully saturated rings. The largest absolute Gasteiger partial charge is 0.378 e. The predicted octanol–water partition coefficient (Wildman–Crippen LogP) is 1.62. The van der Waals surface area contributed by atoms with Crippen LogP contribution in [0.15, 0.2) is 30.7 Å². The van der Waals surface area contributed by atoms with Crippen molar-refractivity contribution in [2.45, 2.75) is 6.42 Å². The number of hydrogen-bond acceptors (Lipinski definition) is 9. The fourth-order valence-electron chi connectivity index (χ4n) is 3.59. The van der Waals surface area contributed by atoms with Gasteiger partial charge in [-0.15, -0.1) is 0 Å².